The Bertz CT molecular complexity index is 855. The summed E-state index contributed by atoms with van der Waals surface area (Å²) >= 11 is 5.85. The lowest BCUT2D eigenvalue weighted by atomic mass is 9.83. The number of hydrogen-bond acceptors (Lipinski definition) is 6. The van der Waals surface area contributed by atoms with Crippen LogP contribution in [0.5, 0.6) is 0 Å². The second-order valence-corrected chi connectivity index (χ2v) is 6.21. The van der Waals surface area contributed by atoms with Crippen molar-refractivity contribution in [1.29, 1.82) is 5.26 Å². The molecule has 1 aliphatic rings. The first-order valence-electron chi connectivity index (χ1n) is 7.26. The van der Waals surface area contributed by atoms with Gasteiger partial charge in [0.05, 0.1) is 17.9 Å². The Kier molecular flexibility index (Phi) is 5.46. The average Bonchev–Trinajstić information content (AvgIpc) is 2.87. The average molecular weight is 356 g/mol. The third kappa shape index (κ3) is 3.23. The minimum Gasteiger partial charge on any atom is -0.410 e. The van der Waals surface area contributed by atoms with Crippen LogP contribution < -0.4 is 4.81 Å². The highest BCUT2D eigenvalue weighted by Crippen LogP contribution is 2.44. The highest BCUT2D eigenvalue weighted by Gasteiger charge is 2.40. The third-order valence-corrected chi connectivity index (χ3v) is 4.38. The third-order valence-electron chi connectivity index (χ3n) is 4.20. The molecule has 2 heterocycles. The van der Waals surface area contributed by atoms with E-state index < -0.39 is 5.41 Å². The standard InChI is InChI=1S/C16H13BClN4O2.CH4/c1-16(8-23)7-22(17-9-24)14-11(6-19)4-10(5-12(14)16)13-2-3-20-15(18)21-13;/h2-5,9,23H,7-8H2,1H3;1H4. The Balaban J connectivity index is 0.00000225. The van der Waals surface area contributed by atoms with Gasteiger partial charge in [0.2, 0.25) is 5.28 Å². The van der Waals surface area contributed by atoms with E-state index in [0.29, 0.717) is 35.2 Å². The number of halogens is 1. The minimum absolute atomic E-state index is 0. The lowest BCUT2D eigenvalue weighted by Crippen LogP contribution is -2.36. The van der Waals surface area contributed by atoms with E-state index in [1.54, 1.807) is 23.1 Å². The van der Waals surface area contributed by atoms with Crippen molar-refractivity contribution in [2.75, 3.05) is 18.0 Å². The molecule has 127 valence electrons. The number of carbonyl (C=O) groups excluding carboxylic acids is 1. The number of carbonyl (C=O) groups is 1. The fourth-order valence-electron chi connectivity index (χ4n) is 3.01. The maximum atomic E-state index is 10.9. The molecular weight excluding hydrogens is 338 g/mol. The first-order chi connectivity index (χ1) is 11.5. The largest absolute Gasteiger partial charge is 0.410 e. The molecule has 25 heavy (non-hydrogen) atoms. The topological polar surface area (TPSA) is 90.1 Å². The van der Waals surface area contributed by atoms with Crippen molar-refractivity contribution in [2.24, 2.45) is 0 Å². The van der Waals surface area contributed by atoms with E-state index >= 15 is 0 Å². The number of aromatic nitrogens is 2. The second-order valence-electron chi connectivity index (χ2n) is 5.87. The number of nitriles is 1. The van der Waals surface area contributed by atoms with Crippen LogP contribution >= 0.6 is 11.6 Å². The first kappa shape index (κ1) is 18.9. The maximum absolute atomic E-state index is 10.9. The first-order valence-corrected chi connectivity index (χ1v) is 7.64. The monoisotopic (exact) mass is 355 g/mol. The molecule has 2 aromatic rings. The van der Waals surface area contributed by atoms with Gasteiger partial charge in [-0.05, 0) is 35.4 Å². The number of benzene rings is 1. The van der Waals surface area contributed by atoms with Gasteiger partial charge in [-0.25, -0.2) is 9.97 Å². The van der Waals surface area contributed by atoms with E-state index in [2.05, 4.69) is 16.0 Å². The fraction of sp³-hybridized carbons (Fsp3) is 0.294. The summed E-state index contributed by atoms with van der Waals surface area (Å²) in [6.07, 6.45) is 2.22. The number of fused-ring (bicyclic) bond motifs is 1. The van der Waals surface area contributed by atoms with E-state index in [9.17, 15) is 15.2 Å². The highest BCUT2D eigenvalue weighted by atomic mass is 35.5. The zero-order chi connectivity index (χ0) is 17.3. The molecule has 0 bridgehead atoms. The number of aliphatic hydroxyl groups excluding tert-OH is 1. The molecule has 3 rings (SSSR count). The van der Waals surface area contributed by atoms with Gasteiger partial charge in [0.1, 0.15) is 12.3 Å². The quantitative estimate of drug-likeness (QED) is 0.513. The Morgan fingerprint density at radius 1 is 1.56 bits per heavy atom. The molecule has 1 aromatic heterocycles. The molecule has 1 aromatic carbocycles. The van der Waals surface area contributed by atoms with Crippen molar-refractivity contribution < 1.29 is 9.90 Å². The molecule has 1 radical (unpaired) electrons. The van der Waals surface area contributed by atoms with E-state index in [4.69, 9.17) is 11.6 Å². The number of hydrogen-bond donors (Lipinski definition) is 1. The predicted octanol–water partition coefficient (Wildman–Crippen LogP) is 2.18. The van der Waals surface area contributed by atoms with Crippen LogP contribution in [0, 0.1) is 11.3 Å². The number of nitrogens with zero attached hydrogens (tertiary/aromatic N) is 4. The molecule has 8 heteroatoms. The summed E-state index contributed by atoms with van der Waals surface area (Å²) in [7, 11) is 1.38. The van der Waals surface area contributed by atoms with Gasteiger partial charge in [-0.3, -0.25) is 0 Å². The van der Waals surface area contributed by atoms with E-state index in [-0.39, 0.29) is 19.3 Å². The van der Waals surface area contributed by atoms with Crippen LogP contribution in [0.3, 0.4) is 0 Å². The minimum atomic E-state index is -0.590. The fourth-order valence-corrected chi connectivity index (χ4v) is 3.16. The van der Waals surface area contributed by atoms with Gasteiger partial charge in [0.25, 0.3) is 0 Å². The van der Waals surface area contributed by atoms with Crippen molar-refractivity contribution in [3.05, 3.63) is 40.8 Å². The van der Waals surface area contributed by atoms with Crippen molar-refractivity contribution >= 4 is 30.9 Å². The number of rotatable bonds is 4. The van der Waals surface area contributed by atoms with Crippen LogP contribution in [0.1, 0.15) is 25.5 Å². The van der Waals surface area contributed by atoms with Gasteiger partial charge in [0, 0.05) is 29.4 Å². The summed E-state index contributed by atoms with van der Waals surface area (Å²) in [6.45, 7) is 2.20. The molecule has 6 nitrogen and oxygen atoms in total. The van der Waals surface area contributed by atoms with Gasteiger partial charge in [-0.1, -0.05) is 14.4 Å². The van der Waals surface area contributed by atoms with Crippen LogP contribution in [-0.4, -0.2) is 41.8 Å². The SMILES string of the molecule is C.CC1(CO)CN([B]C=O)c2c(C#N)cc(-c3ccnc(Cl)n3)cc21. The van der Waals surface area contributed by atoms with Crippen molar-refractivity contribution in [3.63, 3.8) is 0 Å². The summed E-state index contributed by atoms with van der Waals surface area (Å²) in [5.74, 6) is 0. The summed E-state index contributed by atoms with van der Waals surface area (Å²) in [5.41, 5.74) is 2.56. The van der Waals surface area contributed by atoms with Gasteiger partial charge in [-0.2, -0.15) is 5.26 Å². The maximum Gasteiger partial charge on any atom is 0.329 e. The lowest BCUT2D eigenvalue weighted by Gasteiger charge is -2.23. The molecule has 1 aliphatic heterocycles. The van der Waals surface area contributed by atoms with Crippen LogP contribution in [0.2, 0.25) is 5.28 Å². The molecule has 0 spiro atoms. The zero-order valence-corrected chi connectivity index (χ0v) is 13.7. The van der Waals surface area contributed by atoms with E-state index in [1.165, 1.54) is 7.41 Å². The summed E-state index contributed by atoms with van der Waals surface area (Å²) in [6, 6.07) is 7.45. The highest BCUT2D eigenvalue weighted by molar-refractivity contribution is 6.70. The summed E-state index contributed by atoms with van der Waals surface area (Å²) in [4.78, 5) is 20.7. The van der Waals surface area contributed by atoms with E-state index in [1.807, 2.05) is 13.0 Å². The van der Waals surface area contributed by atoms with Crippen molar-refractivity contribution in [2.45, 2.75) is 19.8 Å². The van der Waals surface area contributed by atoms with Gasteiger partial charge >= 0.3 is 7.41 Å². The molecular formula is C17H17BClN4O2. The van der Waals surface area contributed by atoms with Crippen LogP contribution in [0.15, 0.2) is 24.4 Å². The molecule has 0 saturated carbocycles. The molecule has 0 fully saturated rings. The predicted molar refractivity (Wildman–Crippen MR) is 98.2 cm³/mol. The van der Waals surface area contributed by atoms with Gasteiger partial charge in [0.15, 0.2) is 0 Å². The number of anilines is 1. The smallest absolute Gasteiger partial charge is 0.329 e. The molecule has 1 atom stereocenters. The molecule has 0 aliphatic carbocycles. The Labute approximate surface area is 152 Å². The van der Waals surface area contributed by atoms with Crippen molar-refractivity contribution in [3.8, 4) is 17.3 Å². The zero-order valence-electron chi connectivity index (χ0n) is 12.9. The van der Waals surface area contributed by atoms with Crippen molar-refractivity contribution in [1.82, 2.24) is 9.97 Å². The normalized spacial score (nSPS) is 18.1. The van der Waals surface area contributed by atoms with E-state index in [0.717, 1.165) is 5.56 Å². The van der Waals surface area contributed by atoms with Crippen LogP contribution in [0.4, 0.5) is 5.69 Å². The molecule has 1 N–H and O–H groups in total. The van der Waals surface area contributed by atoms with Crippen LogP contribution in [-0.2, 0) is 10.2 Å². The Morgan fingerprint density at radius 3 is 2.92 bits per heavy atom. The summed E-state index contributed by atoms with van der Waals surface area (Å²) in [5, 5.41) is 19.5. The Hall–Kier alpha value is -2.43. The Morgan fingerprint density at radius 2 is 2.32 bits per heavy atom. The van der Waals surface area contributed by atoms with Gasteiger partial charge < -0.3 is 14.7 Å². The van der Waals surface area contributed by atoms with Gasteiger partial charge in [-0.15, -0.1) is 0 Å². The molecule has 0 saturated heterocycles. The second kappa shape index (κ2) is 7.22. The molecule has 1 unspecified atom stereocenters. The lowest BCUT2D eigenvalue weighted by molar-refractivity contribution is 0.217. The molecule has 0 amide bonds. The van der Waals surface area contributed by atoms with Crippen LogP contribution in [0.25, 0.3) is 11.3 Å². The number of aliphatic hydroxyl groups is 1. The summed E-state index contributed by atoms with van der Waals surface area (Å²) < 4.78 is 0.